The number of aromatic nitrogens is 2. The molecule has 0 aliphatic rings. The normalized spacial score (nSPS) is 11.7. The van der Waals surface area contributed by atoms with E-state index >= 15 is 0 Å². The van der Waals surface area contributed by atoms with Crippen LogP contribution in [0.3, 0.4) is 0 Å². The lowest BCUT2D eigenvalue weighted by molar-refractivity contribution is -0.123. The Kier molecular flexibility index (Phi) is 5.77. The second kappa shape index (κ2) is 8.28. The summed E-state index contributed by atoms with van der Waals surface area (Å²) in [5.74, 6) is -1.71. The lowest BCUT2D eigenvalue weighted by Gasteiger charge is -2.13. The number of nitrogens with zero attached hydrogens (tertiary/aromatic N) is 2. The average Bonchev–Trinajstić information content (AvgIpc) is 2.91. The van der Waals surface area contributed by atoms with Gasteiger partial charge in [-0.1, -0.05) is 24.3 Å². The number of nitrogens with one attached hydrogen (secondary N) is 1. The summed E-state index contributed by atoms with van der Waals surface area (Å²) in [5.41, 5.74) is 1.65. The third-order valence-electron chi connectivity index (χ3n) is 4.83. The topological polar surface area (TPSA) is 103 Å². The predicted molar refractivity (Wildman–Crippen MR) is 112 cm³/mol. The monoisotopic (exact) mass is 409 g/mol. The largest absolute Gasteiger partial charge is 0.507 e. The fourth-order valence-electron chi connectivity index (χ4n) is 3.03. The molecule has 0 saturated heterocycles. The molecule has 0 fully saturated rings. The van der Waals surface area contributed by atoms with Gasteiger partial charge < -0.3 is 15.2 Å². The summed E-state index contributed by atoms with van der Waals surface area (Å²) in [6.07, 6.45) is -1.18. The number of amides is 1. The van der Waals surface area contributed by atoms with Crippen LogP contribution in [0, 0.1) is 13.8 Å². The Morgan fingerprint density at radius 2 is 1.77 bits per heavy atom. The van der Waals surface area contributed by atoms with E-state index in [-0.39, 0.29) is 17.0 Å². The molecule has 2 aromatic carbocycles. The fraction of sp³-hybridized carbons (Fsp3) is 0.227. The Balaban J connectivity index is 1.79. The first kappa shape index (κ1) is 20.9. The number of benzene rings is 2. The summed E-state index contributed by atoms with van der Waals surface area (Å²) in [6.45, 7) is 4.87. The minimum Gasteiger partial charge on any atom is -0.507 e. The third-order valence-corrected chi connectivity index (χ3v) is 4.83. The van der Waals surface area contributed by atoms with E-state index in [0.717, 1.165) is 5.56 Å². The molecule has 0 radical (unpaired) electrons. The highest BCUT2D eigenvalue weighted by Crippen LogP contribution is 2.20. The molecule has 0 aliphatic carbocycles. The fourth-order valence-corrected chi connectivity index (χ4v) is 3.03. The molecule has 30 heavy (non-hydrogen) atoms. The van der Waals surface area contributed by atoms with Crippen LogP contribution in [0.15, 0.2) is 53.3 Å². The molecule has 1 atom stereocenters. The summed E-state index contributed by atoms with van der Waals surface area (Å²) in [5, 5.41) is 12.5. The van der Waals surface area contributed by atoms with E-state index in [4.69, 9.17) is 4.74 Å². The standard InChI is InChI=1S/C22H23N3O5/c1-13-10-11-17(18(26)12-13)22(29)30-15(3)20(27)23-19-14(2)24(4)25(21(19)28)16-8-6-5-7-9-16/h5-12,15,26H,1-4H3,(H,23,27)/t15-/m1/s1. The van der Waals surface area contributed by atoms with Crippen molar-refractivity contribution in [2.24, 2.45) is 7.05 Å². The molecule has 0 aliphatic heterocycles. The van der Waals surface area contributed by atoms with E-state index in [9.17, 15) is 19.5 Å². The lowest BCUT2D eigenvalue weighted by atomic mass is 10.1. The molecule has 3 aromatic rings. The van der Waals surface area contributed by atoms with Gasteiger partial charge in [-0.05, 0) is 50.6 Å². The zero-order valence-corrected chi connectivity index (χ0v) is 17.2. The molecule has 156 valence electrons. The zero-order chi connectivity index (χ0) is 22.0. The Morgan fingerprint density at radius 3 is 2.40 bits per heavy atom. The average molecular weight is 409 g/mol. The van der Waals surface area contributed by atoms with Crippen molar-refractivity contribution in [2.75, 3.05) is 5.32 Å². The van der Waals surface area contributed by atoms with Crippen LogP contribution in [0.25, 0.3) is 5.69 Å². The van der Waals surface area contributed by atoms with E-state index < -0.39 is 23.5 Å². The van der Waals surface area contributed by atoms with Crippen LogP contribution in [0.2, 0.25) is 0 Å². The van der Waals surface area contributed by atoms with Crippen LogP contribution in [-0.4, -0.2) is 32.5 Å². The number of ether oxygens (including phenoxy) is 1. The van der Waals surface area contributed by atoms with Crippen LogP contribution < -0.4 is 10.9 Å². The number of carbonyl (C=O) groups is 2. The Bertz CT molecular complexity index is 1160. The minimum atomic E-state index is -1.18. The molecular formula is C22H23N3O5. The SMILES string of the molecule is Cc1ccc(C(=O)O[C@H](C)C(=O)Nc2c(C)n(C)n(-c3ccccc3)c2=O)c(O)c1. The first-order chi connectivity index (χ1) is 14.2. The van der Waals surface area contributed by atoms with Gasteiger partial charge in [0.05, 0.1) is 11.4 Å². The minimum absolute atomic E-state index is 0.0393. The van der Waals surface area contributed by atoms with Gasteiger partial charge in [-0.15, -0.1) is 0 Å². The van der Waals surface area contributed by atoms with Gasteiger partial charge in [0.25, 0.3) is 11.5 Å². The van der Waals surface area contributed by atoms with Gasteiger partial charge in [-0.3, -0.25) is 14.3 Å². The molecule has 8 nitrogen and oxygen atoms in total. The number of rotatable bonds is 5. The number of phenolic OH excluding ortho intramolecular Hbond substituents is 1. The molecule has 0 spiro atoms. The molecule has 0 bridgehead atoms. The van der Waals surface area contributed by atoms with Crippen LogP contribution in [-0.2, 0) is 16.6 Å². The van der Waals surface area contributed by atoms with Gasteiger partial charge in [0.1, 0.15) is 17.0 Å². The highest BCUT2D eigenvalue weighted by atomic mass is 16.5. The van der Waals surface area contributed by atoms with Crippen molar-refractivity contribution in [2.45, 2.75) is 26.9 Å². The van der Waals surface area contributed by atoms with Crippen molar-refractivity contribution < 1.29 is 19.4 Å². The van der Waals surface area contributed by atoms with Gasteiger partial charge in [-0.25, -0.2) is 9.48 Å². The summed E-state index contributed by atoms with van der Waals surface area (Å²) < 4.78 is 8.24. The zero-order valence-electron chi connectivity index (χ0n) is 17.2. The van der Waals surface area contributed by atoms with Crippen molar-refractivity contribution in [1.29, 1.82) is 0 Å². The van der Waals surface area contributed by atoms with Crippen molar-refractivity contribution in [1.82, 2.24) is 9.36 Å². The number of aromatic hydroxyl groups is 1. The van der Waals surface area contributed by atoms with Crippen LogP contribution in [0.1, 0.15) is 28.5 Å². The number of phenols is 1. The molecule has 1 aromatic heterocycles. The second-order valence-corrected chi connectivity index (χ2v) is 6.99. The first-order valence-corrected chi connectivity index (χ1v) is 9.36. The van der Waals surface area contributed by atoms with Crippen molar-refractivity contribution >= 4 is 17.6 Å². The predicted octanol–water partition coefficient (Wildman–Crippen LogP) is 2.68. The molecule has 2 N–H and O–H groups in total. The molecule has 3 rings (SSSR count). The van der Waals surface area contributed by atoms with Crippen LogP contribution >= 0.6 is 0 Å². The van der Waals surface area contributed by atoms with Gasteiger partial charge in [0, 0.05) is 7.05 Å². The molecule has 1 amide bonds. The highest BCUT2D eigenvalue weighted by Gasteiger charge is 2.24. The Morgan fingerprint density at radius 1 is 1.10 bits per heavy atom. The number of anilines is 1. The summed E-state index contributed by atoms with van der Waals surface area (Å²) in [6, 6.07) is 13.5. The van der Waals surface area contributed by atoms with Gasteiger partial charge in [0.2, 0.25) is 0 Å². The maximum atomic E-state index is 12.9. The molecule has 0 saturated carbocycles. The van der Waals surface area contributed by atoms with Crippen molar-refractivity contribution in [3.05, 3.63) is 75.7 Å². The van der Waals surface area contributed by atoms with E-state index in [1.807, 2.05) is 18.2 Å². The van der Waals surface area contributed by atoms with Crippen molar-refractivity contribution in [3.8, 4) is 11.4 Å². The lowest BCUT2D eigenvalue weighted by Crippen LogP contribution is -2.32. The van der Waals surface area contributed by atoms with E-state index in [0.29, 0.717) is 11.4 Å². The Labute approximate surface area is 173 Å². The summed E-state index contributed by atoms with van der Waals surface area (Å²) in [7, 11) is 1.71. The number of aryl methyl sites for hydroxylation is 1. The maximum Gasteiger partial charge on any atom is 0.342 e. The van der Waals surface area contributed by atoms with Gasteiger partial charge >= 0.3 is 5.97 Å². The van der Waals surface area contributed by atoms with Gasteiger partial charge in [-0.2, -0.15) is 0 Å². The number of carbonyl (C=O) groups excluding carboxylic acids is 2. The van der Waals surface area contributed by atoms with Crippen molar-refractivity contribution in [3.63, 3.8) is 0 Å². The number of hydrogen-bond donors (Lipinski definition) is 2. The van der Waals surface area contributed by atoms with E-state index in [1.165, 1.54) is 23.7 Å². The van der Waals surface area contributed by atoms with E-state index in [1.54, 1.807) is 43.8 Å². The smallest absolute Gasteiger partial charge is 0.342 e. The molecular weight excluding hydrogens is 386 g/mol. The number of esters is 1. The second-order valence-electron chi connectivity index (χ2n) is 6.99. The Hall–Kier alpha value is -3.81. The maximum absolute atomic E-state index is 12.9. The van der Waals surface area contributed by atoms with Crippen LogP contribution in [0.4, 0.5) is 5.69 Å². The number of para-hydroxylation sites is 1. The van der Waals surface area contributed by atoms with Gasteiger partial charge in [0.15, 0.2) is 6.10 Å². The highest BCUT2D eigenvalue weighted by molar-refractivity contribution is 5.98. The number of hydrogen-bond acceptors (Lipinski definition) is 5. The quantitative estimate of drug-likeness (QED) is 0.631. The summed E-state index contributed by atoms with van der Waals surface area (Å²) in [4.78, 5) is 37.7. The molecule has 1 heterocycles. The first-order valence-electron chi connectivity index (χ1n) is 9.36. The van der Waals surface area contributed by atoms with Crippen LogP contribution in [0.5, 0.6) is 5.75 Å². The molecule has 8 heteroatoms. The van der Waals surface area contributed by atoms with E-state index in [2.05, 4.69) is 5.32 Å². The third kappa shape index (κ3) is 3.98. The summed E-state index contributed by atoms with van der Waals surface area (Å²) >= 11 is 0. The molecule has 0 unspecified atom stereocenters.